The molecule has 0 bridgehead atoms. The molecule has 0 aliphatic heterocycles. The molecule has 5 nitrogen and oxygen atoms in total. The van der Waals surface area contributed by atoms with Gasteiger partial charge >= 0.3 is 5.97 Å². The minimum Gasteiger partial charge on any atom is -0.494 e. The molecular weight excluding hydrogens is 224 g/mol. The van der Waals surface area contributed by atoms with E-state index in [4.69, 9.17) is 9.47 Å². The number of hydrogen-bond donors (Lipinski definition) is 1. The normalized spacial score (nSPS) is 18.8. The quantitative estimate of drug-likeness (QED) is 0.442. The minimum absolute atomic E-state index is 0.0111. The van der Waals surface area contributed by atoms with Crippen molar-refractivity contribution < 1.29 is 24.2 Å². The van der Waals surface area contributed by atoms with E-state index in [-0.39, 0.29) is 22.7 Å². The fraction of sp³-hybridized carbons (Fsp3) is 0.250. The molecule has 0 fully saturated rings. The minimum atomic E-state index is -1.28. The Labute approximate surface area is 98.3 Å². The number of esters is 1. The molecular formula is C12H12O5. The van der Waals surface area contributed by atoms with Crippen molar-refractivity contribution in [2.24, 2.45) is 0 Å². The predicted molar refractivity (Wildman–Crippen MR) is 59.3 cm³/mol. The Morgan fingerprint density at radius 3 is 2.65 bits per heavy atom. The third-order valence-electron chi connectivity index (χ3n) is 2.09. The van der Waals surface area contributed by atoms with Crippen molar-refractivity contribution in [2.45, 2.75) is 13.0 Å². The third kappa shape index (κ3) is 2.72. The number of methoxy groups -OCH3 is 1. The molecule has 17 heavy (non-hydrogen) atoms. The van der Waals surface area contributed by atoms with E-state index in [9.17, 15) is 14.7 Å². The lowest BCUT2D eigenvalue weighted by atomic mass is 10.0. The second kappa shape index (κ2) is 5.30. The van der Waals surface area contributed by atoms with Gasteiger partial charge in [-0.25, -0.2) is 9.59 Å². The monoisotopic (exact) mass is 236 g/mol. The summed E-state index contributed by atoms with van der Waals surface area (Å²) in [5.74, 6) is 0.973. The van der Waals surface area contributed by atoms with E-state index in [2.05, 4.69) is 6.58 Å². The molecule has 0 aromatic carbocycles. The number of hydrogen-bond acceptors (Lipinski definition) is 5. The van der Waals surface area contributed by atoms with Crippen LogP contribution < -0.4 is 0 Å². The number of aliphatic hydroxyl groups excluding tert-OH is 1. The fourth-order valence-corrected chi connectivity index (χ4v) is 1.19. The van der Waals surface area contributed by atoms with E-state index in [1.54, 1.807) is 5.94 Å². The fourth-order valence-electron chi connectivity index (χ4n) is 1.19. The van der Waals surface area contributed by atoms with Gasteiger partial charge in [0.25, 0.3) is 0 Å². The highest BCUT2D eigenvalue weighted by Gasteiger charge is 2.26. The van der Waals surface area contributed by atoms with Gasteiger partial charge in [-0.1, -0.05) is 6.58 Å². The Hall–Kier alpha value is -2.10. The van der Waals surface area contributed by atoms with Gasteiger partial charge in [0.05, 0.1) is 12.7 Å². The largest absolute Gasteiger partial charge is 0.494 e. The molecule has 0 aromatic rings. The molecule has 0 heterocycles. The van der Waals surface area contributed by atoms with Gasteiger partial charge in [0.1, 0.15) is 5.94 Å². The van der Waals surface area contributed by atoms with Crippen molar-refractivity contribution in [2.75, 3.05) is 7.11 Å². The van der Waals surface area contributed by atoms with E-state index < -0.39 is 12.1 Å². The number of carbonyl (C=O) groups excluding carboxylic acids is 2. The maximum absolute atomic E-state index is 11.3. The van der Waals surface area contributed by atoms with Crippen LogP contribution in [-0.2, 0) is 19.1 Å². The molecule has 0 radical (unpaired) electrons. The maximum Gasteiger partial charge on any atom is 0.338 e. The van der Waals surface area contributed by atoms with Crippen molar-refractivity contribution in [3.05, 3.63) is 41.4 Å². The number of allylic oxidation sites excluding steroid dienone is 1. The highest BCUT2D eigenvalue weighted by Crippen LogP contribution is 2.24. The Bertz CT molecular complexity index is 463. The molecule has 1 N–H and O–H groups in total. The van der Waals surface area contributed by atoms with Crippen molar-refractivity contribution in [3.63, 3.8) is 0 Å². The van der Waals surface area contributed by atoms with Crippen LogP contribution in [0.25, 0.3) is 0 Å². The summed E-state index contributed by atoms with van der Waals surface area (Å²) in [5, 5.41) is 9.70. The summed E-state index contributed by atoms with van der Waals surface area (Å²) in [6.45, 7) is 4.92. The molecule has 0 saturated carbocycles. The molecule has 0 saturated heterocycles. The Balaban J connectivity index is 3.05. The van der Waals surface area contributed by atoms with E-state index >= 15 is 0 Å². The van der Waals surface area contributed by atoms with Crippen LogP contribution in [0.2, 0.25) is 0 Å². The lowest BCUT2D eigenvalue weighted by molar-refractivity contribution is -0.135. The molecule has 0 aromatic heterocycles. The first-order valence-corrected chi connectivity index (χ1v) is 4.78. The smallest absolute Gasteiger partial charge is 0.338 e. The molecule has 90 valence electrons. The molecule has 1 aliphatic carbocycles. The lowest BCUT2D eigenvalue weighted by Gasteiger charge is -2.19. The average Bonchev–Trinajstić information content (AvgIpc) is 2.29. The van der Waals surface area contributed by atoms with Crippen LogP contribution in [0.15, 0.2) is 41.4 Å². The van der Waals surface area contributed by atoms with Gasteiger partial charge in [-0.05, 0) is 19.1 Å². The summed E-state index contributed by atoms with van der Waals surface area (Å²) in [4.78, 5) is 21.8. The zero-order valence-electron chi connectivity index (χ0n) is 9.52. The first kappa shape index (κ1) is 13.0. The van der Waals surface area contributed by atoms with Crippen LogP contribution in [0.3, 0.4) is 0 Å². The van der Waals surface area contributed by atoms with Crippen LogP contribution in [0.1, 0.15) is 6.92 Å². The Kier molecular flexibility index (Phi) is 4.04. The molecule has 1 rings (SSSR count). The molecule has 1 atom stereocenters. The van der Waals surface area contributed by atoms with Crippen molar-refractivity contribution in [1.82, 2.24) is 0 Å². The van der Waals surface area contributed by atoms with Crippen LogP contribution >= 0.6 is 0 Å². The number of rotatable bonds is 3. The summed E-state index contributed by atoms with van der Waals surface area (Å²) in [7, 11) is 1.30. The average molecular weight is 236 g/mol. The van der Waals surface area contributed by atoms with E-state index in [0.717, 1.165) is 0 Å². The van der Waals surface area contributed by atoms with Gasteiger partial charge in [0.2, 0.25) is 0 Å². The van der Waals surface area contributed by atoms with Crippen molar-refractivity contribution >= 4 is 11.9 Å². The van der Waals surface area contributed by atoms with Gasteiger partial charge in [-0.3, -0.25) is 0 Å². The molecule has 5 heteroatoms. The number of carbonyl (C=O) groups is 1. The zero-order chi connectivity index (χ0) is 13.0. The summed E-state index contributed by atoms with van der Waals surface area (Å²) >= 11 is 0. The first-order chi connectivity index (χ1) is 8.01. The molecule has 0 spiro atoms. The summed E-state index contributed by atoms with van der Waals surface area (Å²) in [6.07, 6.45) is 1.38. The number of ether oxygens (including phenoxy) is 2. The SMILES string of the molecule is C=C(C)C(=O)OC1=C(OC)C(O)C(=C=O)C=C1. The van der Waals surface area contributed by atoms with Crippen LogP contribution in [-0.4, -0.2) is 30.2 Å². The molecule has 0 amide bonds. The van der Waals surface area contributed by atoms with Crippen LogP contribution in [0, 0.1) is 0 Å². The summed E-state index contributed by atoms with van der Waals surface area (Å²) in [5.41, 5.74) is 0.226. The second-order valence-electron chi connectivity index (χ2n) is 3.40. The summed E-state index contributed by atoms with van der Waals surface area (Å²) < 4.78 is 9.85. The highest BCUT2D eigenvalue weighted by molar-refractivity contribution is 5.88. The van der Waals surface area contributed by atoms with E-state index in [1.165, 1.54) is 26.2 Å². The first-order valence-electron chi connectivity index (χ1n) is 4.78. The standard InChI is InChI=1S/C12H12O5/c1-7(2)12(15)17-9-5-4-8(6-13)10(14)11(9)16-3/h4-5,10,14H,1H2,2-3H3. The summed E-state index contributed by atoms with van der Waals surface area (Å²) in [6, 6.07) is 0. The number of aliphatic hydroxyl groups is 1. The van der Waals surface area contributed by atoms with E-state index in [0.29, 0.717) is 0 Å². The van der Waals surface area contributed by atoms with Gasteiger partial charge in [0, 0.05) is 5.57 Å². The van der Waals surface area contributed by atoms with Crippen LogP contribution in [0.5, 0.6) is 0 Å². The van der Waals surface area contributed by atoms with Gasteiger partial charge in [-0.15, -0.1) is 0 Å². The van der Waals surface area contributed by atoms with Crippen LogP contribution in [0.4, 0.5) is 0 Å². The van der Waals surface area contributed by atoms with Crippen molar-refractivity contribution in [3.8, 4) is 0 Å². The second-order valence-corrected chi connectivity index (χ2v) is 3.40. The molecule has 1 aliphatic rings. The van der Waals surface area contributed by atoms with Crippen molar-refractivity contribution in [1.29, 1.82) is 0 Å². The van der Waals surface area contributed by atoms with E-state index in [1.807, 2.05) is 0 Å². The Morgan fingerprint density at radius 1 is 1.53 bits per heavy atom. The maximum atomic E-state index is 11.3. The Morgan fingerprint density at radius 2 is 2.18 bits per heavy atom. The van der Waals surface area contributed by atoms with Gasteiger partial charge < -0.3 is 14.6 Å². The third-order valence-corrected chi connectivity index (χ3v) is 2.09. The predicted octanol–water partition coefficient (Wildman–Crippen LogP) is 0.652. The highest BCUT2D eigenvalue weighted by atomic mass is 16.6. The lowest BCUT2D eigenvalue weighted by Crippen LogP contribution is -2.21. The van der Waals surface area contributed by atoms with Gasteiger partial charge in [-0.2, -0.15) is 0 Å². The topological polar surface area (TPSA) is 72.8 Å². The molecule has 1 unspecified atom stereocenters. The zero-order valence-corrected chi connectivity index (χ0v) is 9.52. The van der Waals surface area contributed by atoms with Gasteiger partial charge in [0.15, 0.2) is 17.6 Å².